The van der Waals surface area contributed by atoms with Crippen molar-refractivity contribution < 1.29 is 23.9 Å². The van der Waals surface area contributed by atoms with E-state index in [9.17, 15) is 14.4 Å². The summed E-state index contributed by atoms with van der Waals surface area (Å²) in [6.45, 7) is 13.5. The summed E-state index contributed by atoms with van der Waals surface area (Å²) >= 11 is 7.84. The topological polar surface area (TPSA) is 72.9 Å². The van der Waals surface area contributed by atoms with Crippen molar-refractivity contribution >= 4 is 29.1 Å². The molecule has 0 N–H and O–H groups in total. The Morgan fingerprint density at radius 2 is 1.84 bits per heavy atom. The molecule has 202 valence electrons. The number of fused-ring (bicyclic) bond motifs is 5. The normalized spacial score (nSPS) is 58.5. The largest absolute Gasteiger partial charge is 0.441 e. The van der Waals surface area contributed by atoms with Crippen molar-refractivity contribution in [2.24, 2.45) is 45.8 Å². The highest BCUT2D eigenvalue weighted by Crippen LogP contribution is 2.78. The molecule has 4 saturated heterocycles. The van der Waals surface area contributed by atoms with E-state index in [2.05, 4.69) is 32.6 Å². The van der Waals surface area contributed by atoms with Crippen molar-refractivity contribution in [3.63, 3.8) is 0 Å². The van der Waals surface area contributed by atoms with Crippen LogP contribution in [0.25, 0.3) is 0 Å². The van der Waals surface area contributed by atoms with Crippen molar-refractivity contribution in [1.82, 2.24) is 4.90 Å². The van der Waals surface area contributed by atoms with Gasteiger partial charge in [0.2, 0.25) is 0 Å². The van der Waals surface area contributed by atoms with E-state index in [0.717, 1.165) is 37.7 Å². The van der Waals surface area contributed by atoms with Crippen LogP contribution < -0.4 is 0 Å². The first-order valence-electron chi connectivity index (χ1n) is 14.3. The van der Waals surface area contributed by atoms with Gasteiger partial charge in [-0.3, -0.25) is 14.4 Å². The molecular weight excluding hydrogens is 490 g/mol. The molecule has 1 spiro atoms. The van der Waals surface area contributed by atoms with Gasteiger partial charge in [0.05, 0.1) is 17.9 Å². The highest BCUT2D eigenvalue weighted by molar-refractivity contribution is 6.23. The second-order valence-electron chi connectivity index (χ2n) is 14.5. The number of esters is 1. The summed E-state index contributed by atoms with van der Waals surface area (Å²) in [5.74, 6) is -0.870. The van der Waals surface area contributed by atoms with Crippen LogP contribution in [0.4, 0.5) is 0 Å². The fourth-order valence-corrected chi connectivity index (χ4v) is 11.9. The number of halogens is 1. The maximum Gasteiger partial charge on any atom is 0.308 e. The Balaban J connectivity index is 1.49. The first-order chi connectivity index (χ1) is 17.2. The van der Waals surface area contributed by atoms with Gasteiger partial charge >= 0.3 is 5.97 Å². The lowest BCUT2D eigenvalue weighted by atomic mass is 9.33. The van der Waals surface area contributed by atoms with Gasteiger partial charge < -0.3 is 9.47 Å². The number of rotatable bonds is 0. The van der Waals surface area contributed by atoms with Gasteiger partial charge in [-0.25, -0.2) is 4.90 Å². The minimum Gasteiger partial charge on any atom is -0.441 e. The number of carbonyl (C=O) groups excluding carboxylic acids is 3. The molecule has 3 aliphatic carbocycles. The summed E-state index contributed by atoms with van der Waals surface area (Å²) in [5.41, 5.74) is -2.42. The first-order valence-corrected chi connectivity index (χ1v) is 14.7. The van der Waals surface area contributed by atoms with Crippen LogP contribution in [0.15, 0.2) is 11.6 Å². The van der Waals surface area contributed by atoms with E-state index in [1.54, 1.807) is 6.08 Å². The van der Waals surface area contributed by atoms with Gasteiger partial charge in [0.25, 0.3) is 0 Å². The van der Waals surface area contributed by atoms with Crippen LogP contribution >= 0.6 is 11.6 Å². The molecule has 0 amide bonds. The van der Waals surface area contributed by atoms with Crippen molar-refractivity contribution in [2.75, 3.05) is 6.54 Å². The highest BCUT2D eigenvalue weighted by Gasteiger charge is 2.86. The minimum atomic E-state index is -1.09. The van der Waals surface area contributed by atoms with Crippen molar-refractivity contribution in [1.29, 1.82) is 0 Å². The fraction of sp³-hybridized carbons (Fsp3) is 0.833. The summed E-state index contributed by atoms with van der Waals surface area (Å²) in [6, 6.07) is 0. The summed E-state index contributed by atoms with van der Waals surface area (Å²) in [4.78, 5) is 43.8. The number of Topliss-reactive ketones (excluding diaryl/α,β-unsaturated/α-hetero) is 1. The summed E-state index contributed by atoms with van der Waals surface area (Å²) in [5, 5.41) is -0.648. The highest BCUT2D eigenvalue weighted by atomic mass is 35.5. The zero-order chi connectivity index (χ0) is 26.5. The standard InChI is InChI=1S/C30H40ClNO5/c1-15-10-19-22(20(33)11-15)17(3)23(35)24-26(4)13-21(34)37-30(25(31)28(19,24)6)27(26,5)7-8-29-12-16(2)9-18(36-29)14-32(29)30/h11,16-19,22,24-25H,7-10,12-14H2,1-6H3/t16-,17+,18+,19+,22-,24+,25-,26-,27-,28-,29-,30+/m0/s1. The summed E-state index contributed by atoms with van der Waals surface area (Å²) in [7, 11) is 0. The zero-order valence-corrected chi connectivity index (χ0v) is 23.7. The number of hydrogen-bond donors (Lipinski definition) is 0. The number of piperidine rings is 1. The molecule has 0 aromatic heterocycles. The molecule has 2 saturated carbocycles. The van der Waals surface area contributed by atoms with Crippen LogP contribution in [0.2, 0.25) is 0 Å². The minimum absolute atomic E-state index is 0.0468. The number of hydrogen-bond acceptors (Lipinski definition) is 6. The molecule has 0 radical (unpaired) electrons. The lowest BCUT2D eigenvalue weighted by Gasteiger charge is -2.78. The van der Waals surface area contributed by atoms with Gasteiger partial charge in [-0.2, -0.15) is 0 Å². The quantitative estimate of drug-likeness (QED) is 0.329. The number of allylic oxidation sites excluding steroid dienone is 2. The van der Waals surface area contributed by atoms with Gasteiger partial charge in [-0.1, -0.05) is 40.2 Å². The third-order valence-electron chi connectivity index (χ3n) is 12.8. The number of ketones is 2. The fourth-order valence-electron chi connectivity index (χ4n) is 11.2. The van der Waals surface area contributed by atoms with Crippen molar-refractivity contribution in [3.8, 4) is 0 Å². The summed E-state index contributed by atoms with van der Waals surface area (Å²) in [6.07, 6.45) is 6.28. The Morgan fingerprint density at radius 1 is 1.11 bits per heavy atom. The van der Waals surface area contributed by atoms with E-state index in [4.69, 9.17) is 21.1 Å². The monoisotopic (exact) mass is 529 g/mol. The van der Waals surface area contributed by atoms with Crippen LogP contribution in [0.3, 0.4) is 0 Å². The van der Waals surface area contributed by atoms with E-state index in [1.165, 1.54) is 0 Å². The van der Waals surface area contributed by atoms with Crippen LogP contribution in [-0.2, 0) is 23.9 Å². The molecule has 7 heteroatoms. The second kappa shape index (κ2) is 7.09. The van der Waals surface area contributed by atoms with Crippen LogP contribution in [0.5, 0.6) is 0 Å². The van der Waals surface area contributed by atoms with Crippen molar-refractivity contribution in [2.45, 2.75) is 103 Å². The molecule has 0 aromatic rings. The zero-order valence-electron chi connectivity index (χ0n) is 22.9. The maximum absolute atomic E-state index is 14.4. The lowest BCUT2D eigenvalue weighted by Crippen LogP contribution is -2.87. The lowest BCUT2D eigenvalue weighted by molar-refractivity contribution is -0.377. The van der Waals surface area contributed by atoms with Crippen LogP contribution in [-0.4, -0.2) is 51.9 Å². The van der Waals surface area contributed by atoms with E-state index in [0.29, 0.717) is 12.5 Å². The number of carbonyl (C=O) groups is 3. The van der Waals surface area contributed by atoms with Crippen LogP contribution in [0, 0.1) is 45.8 Å². The molecule has 0 aromatic carbocycles. The van der Waals surface area contributed by atoms with E-state index >= 15 is 0 Å². The molecule has 4 aliphatic heterocycles. The van der Waals surface area contributed by atoms with Crippen LogP contribution in [0.1, 0.15) is 80.1 Å². The van der Waals surface area contributed by atoms with Gasteiger partial charge in [0.1, 0.15) is 11.5 Å². The number of nitrogens with zero attached hydrogens (tertiary/aromatic N) is 1. The predicted octanol–water partition coefficient (Wildman–Crippen LogP) is 4.88. The van der Waals surface area contributed by atoms with Crippen molar-refractivity contribution in [3.05, 3.63) is 11.6 Å². The average Bonchev–Trinajstić information content (AvgIpc) is 3.08. The molecule has 7 aliphatic rings. The van der Waals surface area contributed by atoms with E-state index in [-0.39, 0.29) is 47.8 Å². The number of ether oxygens (including phenoxy) is 2. The molecule has 12 atom stereocenters. The Morgan fingerprint density at radius 3 is 2.57 bits per heavy atom. The summed E-state index contributed by atoms with van der Waals surface area (Å²) < 4.78 is 13.4. The molecule has 37 heavy (non-hydrogen) atoms. The van der Waals surface area contributed by atoms with Gasteiger partial charge in [-0.05, 0) is 62.4 Å². The SMILES string of the molecule is CC1=CC(=O)[C@@H]2[C@@H](C1)[C@@]1(C)[C@H](C(=O)[C@@H]2C)[C@]2(C)CC(=O)O[C@@]3([C@H]1Cl)N1C[C@H]4C[C@H](C)C[C@]1(CC[C@@]23C)O4. The average molecular weight is 530 g/mol. The molecule has 6 nitrogen and oxygen atoms in total. The molecule has 7 rings (SSSR count). The molecule has 4 heterocycles. The second-order valence-corrected chi connectivity index (χ2v) is 15.0. The van der Waals surface area contributed by atoms with E-state index in [1.807, 2.05) is 13.8 Å². The third kappa shape index (κ3) is 2.52. The van der Waals surface area contributed by atoms with Gasteiger partial charge in [0.15, 0.2) is 11.5 Å². The van der Waals surface area contributed by atoms with Gasteiger partial charge in [-0.15, -0.1) is 11.6 Å². The Labute approximate surface area is 224 Å². The Hall–Kier alpha value is -1.24. The smallest absolute Gasteiger partial charge is 0.308 e. The molecular formula is C30H40ClNO5. The molecule has 4 bridgehead atoms. The Bertz CT molecular complexity index is 1170. The Kier molecular flexibility index (Phi) is 4.75. The molecule has 0 unspecified atom stereocenters. The maximum atomic E-state index is 14.4. The predicted molar refractivity (Wildman–Crippen MR) is 137 cm³/mol. The molecule has 6 fully saturated rings. The number of alkyl halides is 1. The van der Waals surface area contributed by atoms with Gasteiger partial charge in [0, 0.05) is 35.1 Å². The third-order valence-corrected chi connectivity index (χ3v) is 13.5. The first kappa shape index (κ1) is 24.8. The van der Waals surface area contributed by atoms with E-state index < -0.39 is 39.0 Å².